The number of hydrogen-bond acceptors (Lipinski definition) is 16. The van der Waals surface area contributed by atoms with Gasteiger partial charge in [-0.25, -0.2) is 9.59 Å². The first kappa shape index (κ1) is 81.9. The Morgan fingerprint density at radius 3 is 0.960 bits per heavy atom. The Bertz CT molecular complexity index is 6220. The number of nitrogens with zero attached hydrogens (tertiary/aromatic N) is 4. The fraction of sp³-hybridized carbons (Fsp3) is 0.231. The van der Waals surface area contributed by atoms with Crippen LogP contribution >= 0.6 is 0 Å². The monoisotopic (exact) mass is 1650 g/mol. The highest BCUT2D eigenvalue weighted by Gasteiger charge is 2.48. The van der Waals surface area contributed by atoms with Gasteiger partial charge >= 0.3 is 11.9 Å². The molecule has 0 saturated heterocycles. The molecule has 0 radical (unpaired) electrons. The zero-order chi connectivity index (χ0) is 86.5. The zero-order valence-corrected chi connectivity index (χ0v) is 70.4. The number of benzene rings is 13. The third-order valence-corrected chi connectivity index (χ3v) is 23.4. The van der Waals surface area contributed by atoms with Crippen molar-refractivity contribution in [3.63, 3.8) is 0 Å². The summed E-state index contributed by atoms with van der Waals surface area (Å²) in [4.78, 5) is 132. The Labute approximate surface area is 716 Å². The van der Waals surface area contributed by atoms with Gasteiger partial charge in [-0.15, -0.1) is 0 Å². The molecule has 2 atom stereocenters. The van der Waals surface area contributed by atoms with Gasteiger partial charge in [0.15, 0.2) is 0 Å². The van der Waals surface area contributed by atoms with Crippen molar-refractivity contribution in [2.45, 2.75) is 119 Å². The average molecular weight is 1650 g/mol. The Morgan fingerprint density at radius 1 is 0.363 bits per heavy atom. The van der Waals surface area contributed by atoms with Crippen LogP contribution in [0.15, 0.2) is 239 Å². The number of fused-ring (bicyclic) bond motifs is 8. The molecule has 20 nitrogen and oxygen atoms in total. The lowest BCUT2D eigenvalue weighted by Gasteiger charge is -2.38. The fourth-order valence-corrected chi connectivity index (χ4v) is 17.3. The van der Waals surface area contributed by atoms with E-state index < -0.39 is 59.5 Å². The van der Waals surface area contributed by atoms with Crippen LogP contribution in [-0.4, -0.2) is 118 Å². The number of imide groups is 2. The molecule has 2 unspecified atom stereocenters. The quantitative estimate of drug-likeness (QED) is 0.00952. The number of rotatable bonds is 32. The highest BCUT2D eigenvalue weighted by molar-refractivity contribution is 6.45. The standard InChI is InChI=1S/C104H92N4O16/c1-11-47-105(49-17-19-51-117-103(115)59(3)4)101(113)79(53-65-23-21-27-73-71-25-13-15-29-81(71)123-95(65)73)107-97(109)75-55-83(119-67-39-31-61(7)32-40-67)89-91-85(121-69-43-35-63(9)36-44-69)57-77-88-78(58-86(122-70-45-37-64(10)38-46-70)92(94(88)91)90-84(120-68-41-33-62(8)34-42-68)56-76(98(107)110)87(75)93(89)90)100(112)108(99(77)111)80(102(114)106(48-12-2)50-18-20-52-118-104(116)60(5)6)54-66-24-22-28-74-72-26-14-16-30-82(72)124-96(66)74/h13-16,21-46,55-58,79-80H,3,5,11-12,17-20,47-54H2,1-2,4,6-10H3. The minimum absolute atomic E-state index is 0.0332. The molecule has 0 saturated carbocycles. The van der Waals surface area contributed by atoms with Crippen LogP contribution in [0.1, 0.15) is 141 Å². The Hall–Kier alpha value is -14.4. The van der Waals surface area contributed by atoms with Gasteiger partial charge < -0.3 is 47.1 Å². The molecule has 124 heavy (non-hydrogen) atoms. The van der Waals surface area contributed by atoms with E-state index in [1.807, 2.05) is 175 Å². The van der Waals surface area contributed by atoms with Crippen LogP contribution in [0.5, 0.6) is 46.0 Å². The summed E-state index contributed by atoms with van der Waals surface area (Å²) in [7, 11) is 0. The molecule has 17 rings (SSSR count). The summed E-state index contributed by atoms with van der Waals surface area (Å²) < 4.78 is 53.9. The van der Waals surface area contributed by atoms with Gasteiger partial charge in [-0.3, -0.25) is 38.6 Å². The van der Waals surface area contributed by atoms with Gasteiger partial charge in [-0.2, -0.15) is 0 Å². The lowest BCUT2D eigenvalue weighted by Crippen LogP contribution is -2.56. The molecule has 6 amide bonds. The Kier molecular flexibility index (Phi) is 22.6. The number of amides is 6. The van der Waals surface area contributed by atoms with Crippen LogP contribution in [0.25, 0.3) is 87.0 Å². The van der Waals surface area contributed by atoms with Gasteiger partial charge in [0, 0.05) is 115 Å². The van der Waals surface area contributed by atoms with E-state index in [9.17, 15) is 9.59 Å². The smallest absolute Gasteiger partial charge is 0.333 e. The third kappa shape index (κ3) is 15.4. The first-order chi connectivity index (χ1) is 60.0. The third-order valence-electron chi connectivity index (χ3n) is 23.4. The maximum atomic E-state index is 17.2. The zero-order valence-electron chi connectivity index (χ0n) is 70.4. The van der Waals surface area contributed by atoms with E-state index in [2.05, 4.69) is 13.2 Å². The molecular formula is C104H92N4O16. The number of furan rings is 2. The number of unbranched alkanes of at least 4 members (excludes halogenated alkanes) is 2. The summed E-state index contributed by atoms with van der Waals surface area (Å²) >= 11 is 0. The van der Waals surface area contributed by atoms with E-state index in [-0.39, 0.29) is 152 Å². The molecule has 2 aromatic heterocycles. The van der Waals surface area contributed by atoms with Crippen LogP contribution in [0.3, 0.4) is 0 Å². The van der Waals surface area contributed by atoms with Gasteiger partial charge in [0.05, 0.1) is 35.5 Å². The minimum atomic E-state index is -1.55. The first-order valence-corrected chi connectivity index (χ1v) is 42.2. The molecule has 0 aliphatic carbocycles. The fourth-order valence-electron chi connectivity index (χ4n) is 17.3. The van der Waals surface area contributed by atoms with Crippen molar-refractivity contribution in [2.75, 3.05) is 39.4 Å². The number of carbonyl (C=O) groups is 8. The van der Waals surface area contributed by atoms with Crippen LogP contribution in [0.2, 0.25) is 0 Å². The second-order valence-electron chi connectivity index (χ2n) is 32.4. The molecule has 15 aromatic rings. The second-order valence-corrected chi connectivity index (χ2v) is 32.4. The van der Waals surface area contributed by atoms with E-state index in [1.54, 1.807) is 96.4 Å². The van der Waals surface area contributed by atoms with Crippen LogP contribution in [-0.2, 0) is 41.5 Å². The topological polar surface area (TPSA) is 231 Å². The van der Waals surface area contributed by atoms with Crippen molar-refractivity contribution in [1.29, 1.82) is 0 Å². The SMILES string of the molecule is C=C(C)C(=O)OCCCCN(CCC)C(=O)C(Cc1cccc2c1oc1ccccc12)N1C(=O)c2cc(Oc3ccc(C)cc3)c3c4c(Oc5ccc(C)cc5)cc5c6c(cc(Oc7ccc(C)cc7)c(c7c(Oc8ccc(C)cc8)cc(c2c37)C1=O)c64)C(=O)N(C(Cc1cccc2c1oc1ccccc12)C(=O)N(CCC)CCCCOC(=O)C(=C)C)C5=O. The normalized spacial score (nSPS) is 13.1. The molecule has 13 aromatic carbocycles. The van der Waals surface area contributed by atoms with E-state index in [0.717, 1.165) is 53.6 Å². The lowest BCUT2D eigenvalue weighted by atomic mass is 9.80. The molecule has 20 heteroatoms. The molecular weight excluding hydrogens is 1560 g/mol. The summed E-state index contributed by atoms with van der Waals surface area (Å²) in [6.07, 6.45) is 2.14. The van der Waals surface area contributed by atoms with E-state index in [0.29, 0.717) is 95.0 Å². The van der Waals surface area contributed by atoms with Crippen molar-refractivity contribution in [1.82, 2.24) is 19.6 Å². The molecule has 2 aliphatic rings. The molecule has 624 valence electrons. The molecule has 4 heterocycles. The van der Waals surface area contributed by atoms with E-state index in [1.165, 1.54) is 0 Å². The number of aryl methyl sites for hydroxylation is 4. The summed E-state index contributed by atoms with van der Waals surface area (Å²) in [5.74, 6) is -3.97. The second kappa shape index (κ2) is 34.3. The van der Waals surface area contributed by atoms with Gasteiger partial charge in [0.2, 0.25) is 11.8 Å². The molecule has 0 bridgehead atoms. The highest BCUT2D eigenvalue weighted by Crippen LogP contribution is 2.59. The molecule has 0 N–H and O–H groups in total. The van der Waals surface area contributed by atoms with E-state index >= 15 is 28.8 Å². The van der Waals surface area contributed by atoms with Crippen LogP contribution in [0, 0.1) is 27.7 Å². The molecule has 0 fully saturated rings. The summed E-state index contributed by atoms with van der Waals surface area (Å²) in [6, 6.07) is 59.2. The Morgan fingerprint density at radius 2 is 0.661 bits per heavy atom. The van der Waals surface area contributed by atoms with Gasteiger partial charge in [-0.05, 0) is 176 Å². The summed E-state index contributed by atoms with van der Waals surface area (Å²) in [5, 5.41) is 5.00. The predicted octanol–water partition coefficient (Wildman–Crippen LogP) is 22.6. The maximum Gasteiger partial charge on any atom is 0.333 e. The molecule has 2 aliphatic heterocycles. The largest absolute Gasteiger partial charge is 0.462 e. The van der Waals surface area contributed by atoms with E-state index in [4.69, 9.17) is 37.3 Å². The summed E-state index contributed by atoms with van der Waals surface area (Å²) in [6.45, 7) is 23.2. The number of hydrogen-bond donors (Lipinski definition) is 0. The van der Waals surface area contributed by atoms with Gasteiger partial charge in [0.1, 0.15) is 80.4 Å². The Balaban J connectivity index is 0.942. The van der Waals surface area contributed by atoms with Gasteiger partial charge in [0.25, 0.3) is 23.6 Å². The predicted molar refractivity (Wildman–Crippen MR) is 480 cm³/mol. The van der Waals surface area contributed by atoms with Crippen molar-refractivity contribution >= 4 is 134 Å². The number of para-hydroxylation sites is 4. The van der Waals surface area contributed by atoms with Crippen molar-refractivity contribution < 1.29 is 75.6 Å². The first-order valence-electron chi connectivity index (χ1n) is 42.2. The average Bonchev–Trinajstić information content (AvgIpc) is 0.728. The minimum Gasteiger partial charge on any atom is -0.462 e. The van der Waals surface area contributed by atoms with Crippen molar-refractivity contribution in [3.05, 3.63) is 286 Å². The van der Waals surface area contributed by atoms with Crippen molar-refractivity contribution in [3.8, 4) is 46.0 Å². The number of carbonyl (C=O) groups excluding carboxylic acids is 8. The van der Waals surface area contributed by atoms with Crippen LogP contribution in [0.4, 0.5) is 0 Å². The maximum absolute atomic E-state index is 17.2. The van der Waals surface area contributed by atoms with Gasteiger partial charge in [-0.1, -0.05) is 171 Å². The van der Waals surface area contributed by atoms with Crippen molar-refractivity contribution in [2.24, 2.45) is 0 Å². The number of esters is 2. The summed E-state index contributed by atoms with van der Waals surface area (Å²) in [5.41, 5.74) is 7.24. The highest BCUT2D eigenvalue weighted by atomic mass is 16.5. The molecule has 0 spiro atoms. The van der Waals surface area contributed by atoms with Crippen LogP contribution < -0.4 is 18.9 Å². The lowest BCUT2D eigenvalue weighted by molar-refractivity contribution is -0.140. The number of ether oxygens (including phenoxy) is 6.